The van der Waals surface area contributed by atoms with Gasteiger partial charge in [-0.2, -0.15) is 5.10 Å². The van der Waals surface area contributed by atoms with E-state index < -0.39 is 0 Å². The summed E-state index contributed by atoms with van der Waals surface area (Å²) in [7, 11) is 1.80. The second kappa shape index (κ2) is 8.52. The van der Waals surface area contributed by atoms with E-state index >= 15 is 0 Å². The van der Waals surface area contributed by atoms with Crippen molar-refractivity contribution in [2.45, 2.75) is 33.4 Å². The lowest BCUT2D eigenvalue weighted by Gasteiger charge is -2.12. The molecule has 3 aromatic rings. The molecule has 0 saturated carbocycles. The van der Waals surface area contributed by atoms with Crippen LogP contribution in [0.15, 0.2) is 53.5 Å². The van der Waals surface area contributed by atoms with E-state index in [1.807, 2.05) is 6.92 Å². The smallest absolute Gasteiger partial charge is 0.191 e. The molecule has 2 aromatic carbocycles. The molecule has 136 valence electrons. The number of rotatable bonds is 6. The maximum absolute atomic E-state index is 4.49. The Hall–Kier alpha value is -2.82. The van der Waals surface area contributed by atoms with Gasteiger partial charge in [0.1, 0.15) is 0 Å². The van der Waals surface area contributed by atoms with Gasteiger partial charge in [0, 0.05) is 32.4 Å². The highest BCUT2D eigenvalue weighted by Gasteiger charge is 2.02. The van der Waals surface area contributed by atoms with E-state index in [0.29, 0.717) is 0 Å². The number of aliphatic imine (C=N–C) groups is 1. The van der Waals surface area contributed by atoms with Crippen molar-refractivity contribution in [1.82, 2.24) is 20.4 Å². The summed E-state index contributed by atoms with van der Waals surface area (Å²) in [5, 5.41) is 13.8. The number of fused-ring (bicyclic) bond motifs is 1. The van der Waals surface area contributed by atoms with Crippen LogP contribution in [0.25, 0.3) is 10.8 Å². The molecule has 0 radical (unpaired) electrons. The summed E-state index contributed by atoms with van der Waals surface area (Å²) in [6.45, 7) is 6.64. The highest BCUT2D eigenvalue weighted by atomic mass is 15.3. The third-order valence-corrected chi connectivity index (χ3v) is 4.44. The largest absolute Gasteiger partial charge is 0.356 e. The van der Waals surface area contributed by atoms with Crippen LogP contribution in [0.1, 0.15) is 23.4 Å². The molecule has 0 unspecified atom stereocenters. The van der Waals surface area contributed by atoms with E-state index in [1.165, 1.54) is 22.0 Å². The number of nitrogens with zero attached hydrogens (tertiary/aromatic N) is 3. The van der Waals surface area contributed by atoms with Gasteiger partial charge >= 0.3 is 0 Å². The molecule has 0 amide bonds. The molecule has 0 fully saturated rings. The molecular weight excluding hydrogens is 322 g/mol. The fraction of sp³-hybridized carbons (Fsp3) is 0.333. The summed E-state index contributed by atoms with van der Waals surface area (Å²) in [5.41, 5.74) is 3.53. The van der Waals surface area contributed by atoms with E-state index in [4.69, 9.17) is 0 Å². The molecule has 0 atom stereocenters. The predicted molar refractivity (Wildman–Crippen MR) is 108 cm³/mol. The third-order valence-electron chi connectivity index (χ3n) is 4.44. The van der Waals surface area contributed by atoms with Crippen molar-refractivity contribution in [3.63, 3.8) is 0 Å². The number of aryl methyl sites for hydroxylation is 3. The van der Waals surface area contributed by atoms with Gasteiger partial charge in [0.25, 0.3) is 0 Å². The van der Waals surface area contributed by atoms with Crippen molar-refractivity contribution < 1.29 is 0 Å². The molecular formula is C21H27N5. The lowest BCUT2D eigenvalue weighted by Crippen LogP contribution is -2.37. The molecule has 1 aromatic heterocycles. The molecule has 5 nitrogen and oxygen atoms in total. The minimum atomic E-state index is 0.752. The van der Waals surface area contributed by atoms with Crippen LogP contribution >= 0.6 is 0 Å². The average molecular weight is 349 g/mol. The van der Waals surface area contributed by atoms with Crippen LogP contribution in [-0.2, 0) is 13.1 Å². The molecule has 0 aliphatic heterocycles. The Morgan fingerprint density at radius 2 is 1.85 bits per heavy atom. The van der Waals surface area contributed by atoms with E-state index in [0.717, 1.165) is 37.7 Å². The Morgan fingerprint density at radius 1 is 1.04 bits per heavy atom. The predicted octanol–water partition coefficient (Wildman–Crippen LogP) is 3.41. The summed E-state index contributed by atoms with van der Waals surface area (Å²) in [4.78, 5) is 4.30. The molecule has 0 spiro atoms. The maximum Gasteiger partial charge on any atom is 0.191 e. The molecule has 0 aliphatic carbocycles. The molecule has 0 aliphatic rings. The Bertz CT molecular complexity index is 894. The first-order valence-corrected chi connectivity index (χ1v) is 9.09. The van der Waals surface area contributed by atoms with Crippen LogP contribution in [0, 0.1) is 13.8 Å². The van der Waals surface area contributed by atoms with Gasteiger partial charge in [-0.3, -0.25) is 9.67 Å². The zero-order chi connectivity index (χ0) is 18.4. The summed E-state index contributed by atoms with van der Waals surface area (Å²) in [6.07, 6.45) is 0.999. The van der Waals surface area contributed by atoms with Gasteiger partial charge in [0.2, 0.25) is 0 Å². The zero-order valence-corrected chi connectivity index (χ0v) is 15.8. The zero-order valence-electron chi connectivity index (χ0n) is 15.8. The fourth-order valence-electron chi connectivity index (χ4n) is 3.09. The standard InChI is InChI=1S/C21H27N5/c1-16-13-17(2)26(25-16)12-6-11-23-21(22-3)24-15-18-9-10-19-7-4-5-8-20(19)14-18/h4-5,7-10,13-14H,6,11-12,15H2,1-3H3,(H2,22,23,24). The molecule has 5 heteroatoms. The number of benzene rings is 2. The van der Waals surface area contributed by atoms with Crippen LogP contribution in [-0.4, -0.2) is 29.3 Å². The van der Waals surface area contributed by atoms with Crippen LogP contribution in [0.2, 0.25) is 0 Å². The van der Waals surface area contributed by atoms with Gasteiger partial charge in [0.15, 0.2) is 5.96 Å². The number of nitrogens with one attached hydrogen (secondary N) is 2. The molecule has 2 N–H and O–H groups in total. The van der Waals surface area contributed by atoms with E-state index in [1.54, 1.807) is 7.05 Å². The molecule has 26 heavy (non-hydrogen) atoms. The van der Waals surface area contributed by atoms with Crippen LogP contribution in [0.4, 0.5) is 0 Å². The first kappa shape index (κ1) is 18.0. The van der Waals surface area contributed by atoms with Gasteiger partial charge in [-0.1, -0.05) is 36.4 Å². The van der Waals surface area contributed by atoms with Gasteiger partial charge in [0.05, 0.1) is 5.69 Å². The van der Waals surface area contributed by atoms with Crippen molar-refractivity contribution in [1.29, 1.82) is 0 Å². The second-order valence-electron chi connectivity index (χ2n) is 6.54. The number of hydrogen-bond donors (Lipinski definition) is 2. The normalized spacial score (nSPS) is 11.7. The molecule has 3 rings (SSSR count). The fourth-order valence-corrected chi connectivity index (χ4v) is 3.09. The Labute approximate surface area is 155 Å². The van der Waals surface area contributed by atoms with Crippen molar-refractivity contribution in [2.24, 2.45) is 4.99 Å². The minimum absolute atomic E-state index is 0.752. The molecule has 0 saturated heterocycles. The van der Waals surface area contributed by atoms with Crippen molar-refractivity contribution in [3.8, 4) is 0 Å². The highest BCUT2D eigenvalue weighted by molar-refractivity contribution is 5.83. The average Bonchev–Trinajstić information content (AvgIpc) is 2.98. The van der Waals surface area contributed by atoms with Gasteiger partial charge in [-0.05, 0) is 48.7 Å². The topological polar surface area (TPSA) is 54.2 Å². The van der Waals surface area contributed by atoms with Crippen LogP contribution < -0.4 is 10.6 Å². The summed E-state index contributed by atoms with van der Waals surface area (Å²) in [5.74, 6) is 0.825. The lowest BCUT2D eigenvalue weighted by molar-refractivity contribution is 0.555. The highest BCUT2D eigenvalue weighted by Crippen LogP contribution is 2.15. The van der Waals surface area contributed by atoms with Crippen molar-refractivity contribution in [3.05, 3.63) is 65.5 Å². The van der Waals surface area contributed by atoms with Gasteiger partial charge < -0.3 is 10.6 Å². The molecule has 1 heterocycles. The Kier molecular flexibility index (Phi) is 5.89. The quantitative estimate of drug-likeness (QED) is 0.407. The van der Waals surface area contributed by atoms with E-state index in [9.17, 15) is 0 Å². The minimum Gasteiger partial charge on any atom is -0.356 e. The second-order valence-corrected chi connectivity index (χ2v) is 6.54. The molecule has 0 bridgehead atoms. The summed E-state index contributed by atoms with van der Waals surface area (Å²) >= 11 is 0. The van der Waals surface area contributed by atoms with Gasteiger partial charge in [-0.15, -0.1) is 0 Å². The first-order valence-electron chi connectivity index (χ1n) is 9.09. The first-order chi connectivity index (χ1) is 12.7. The number of aromatic nitrogens is 2. The third kappa shape index (κ3) is 4.63. The van der Waals surface area contributed by atoms with Crippen LogP contribution in [0.5, 0.6) is 0 Å². The monoisotopic (exact) mass is 349 g/mol. The summed E-state index contributed by atoms with van der Waals surface area (Å²) < 4.78 is 2.06. The Morgan fingerprint density at radius 3 is 2.58 bits per heavy atom. The van der Waals surface area contributed by atoms with Gasteiger partial charge in [-0.25, -0.2) is 0 Å². The van der Waals surface area contributed by atoms with E-state index in [2.05, 4.69) is 80.9 Å². The van der Waals surface area contributed by atoms with Crippen LogP contribution in [0.3, 0.4) is 0 Å². The number of hydrogen-bond acceptors (Lipinski definition) is 2. The van der Waals surface area contributed by atoms with Crippen molar-refractivity contribution >= 4 is 16.7 Å². The number of guanidine groups is 1. The lowest BCUT2D eigenvalue weighted by atomic mass is 10.1. The summed E-state index contributed by atoms with van der Waals surface area (Å²) in [6, 6.07) is 17.1. The Balaban J connectivity index is 1.46. The maximum atomic E-state index is 4.49. The van der Waals surface area contributed by atoms with E-state index in [-0.39, 0.29) is 0 Å². The SMILES string of the molecule is CN=C(NCCCn1nc(C)cc1C)NCc1ccc2ccccc2c1. The van der Waals surface area contributed by atoms with Crippen molar-refractivity contribution in [2.75, 3.05) is 13.6 Å².